The van der Waals surface area contributed by atoms with E-state index in [1.54, 1.807) is 6.20 Å². The minimum atomic E-state index is -0.0873. The van der Waals surface area contributed by atoms with E-state index in [0.29, 0.717) is 16.8 Å². The zero-order valence-electron chi connectivity index (χ0n) is 16.3. The van der Waals surface area contributed by atoms with Crippen molar-refractivity contribution in [3.8, 4) is 0 Å². The first kappa shape index (κ1) is 19.2. The number of anilines is 5. The number of hydrogen-bond donors (Lipinski definition) is 3. The molecular weight excluding hydrogens is 386 g/mol. The van der Waals surface area contributed by atoms with Crippen LogP contribution in [0.2, 0.25) is 5.02 Å². The third-order valence-electron chi connectivity index (χ3n) is 4.76. The smallest absolute Gasteiger partial charge is 0.229 e. The second kappa shape index (κ2) is 8.09. The Hall–Kier alpha value is -3.12. The molecule has 29 heavy (non-hydrogen) atoms. The third-order valence-corrected chi connectivity index (χ3v) is 5.04. The molecule has 1 amide bonds. The van der Waals surface area contributed by atoms with Gasteiger partial charge in [-0.1, -0.05) is 37.6 Å². The first-order valence-electron chi connectivity index (χ1n) is 9.57. The number of halogens is 1. The van der Waals surface area contributed by atoms with Crippen molar-refractivity contribution < 1.29 is 4.79 Å². The predicted molar refractivity (Wildman–Crippen MR) is 117 cm³/mol. The van der Waals surface area contributed by atoms with E-state index in [2.05, 4.69) is 38.1 Å². The maximum Gasteiger partial charge on any atom is 0.229 e. The average Bonchev–Trinajstić information content (AvgIpc) is 2.70. The summed E-state index contributed by atoms with van der Waals surface area (Å²) in [6, 6.07) is 14.0. The lowest BCUT2D eigenvalue weighted by atomic mass is 10.0. The number of aryl methyl sites for hydroxylation is 2. The van der Waals surface area contributed by atoms with Gasteiger partial charge in [0.2, 0.25) is 11.9 Å². The van der Waals surface area contributed by atoms with E-state index in [9.17, 15) is 4.79 Å². The van der Waals surface area contributed by atoms with E-state index in [-0.39, 0.29) is 11.8 Å². The van der Waals surface area contributed by atoms with Gasteiger partial charge in [0.25, 0.3) is 0 Å². The number of nitrogens with zero attached hydrogens (tertiary/aromatic N) is 2. The molecule has 6 bridgehead atoms. The minimum Gasteiger partial charge on any atom is -0.339 e. The molecule has 6 nitrogen and oxygen atoms in total. The number of fused-ring (bicyclic) bond motifs is 6. The maximum atomic E-state index is 12.2. The summed E-state index contributed by atoms with van der Waals surface area (Å²) in [6.07, 6.45) is 3.19. The minimum absolute atomic E-state index is 0.000408. The summed E-state index contributed by atoms with van der Waals surface area (Å²) in [7, 11) is 0. The lowest BCUT2D eigenvalue weighted by Crippen LogP contribution is -2.19. The Morgan fingerprint density at radius 1 is 1.10 bits per heavy atom. The molecule has 1 aromatic heterocycles. The van der Waals surface area contributed by atoms with Gasteiger partial charge in [-0.2, -0.15) is 4.98 Å². The van der Waals surface area contributed by atoms with Gasteiger partial charge in [0, 0.05) is 23.0 Å². The van der Waals surface area contributed by atoms with E-state index < -0.39 is 0 Å². The zero-order valence-corrected chi connectivity index (χ0v) is 17.0. The summed E-state index contributed by atoms with van der Waals surface area (Å²) in [6.45, 7) is 3.77. The topological polar surface area (TPSA) is 78.9 Å². The molecule has 4 rings (SSSR count). The molecule has 0 saturated carbocycles. The average molecular weight is 408 g/mol. The number of carbonyl (C=O) groups is 1. The fourth-order valence-corrected chi connectivity index (χ4v) is 3.28. The molecule has 0 aliphatic carbocycles. The standard InChI is InChI=1S/C22H22ClN5O/c1-13(2)21(29)27-19-9-8-17-11-15(19)7-6-14-4-3-5-16(10-14)26-22-24-12-18(23)20(25-17)28-22/h3-5,8-13H,6-7H2,1-2H3,(H,27,29)(H2,24,25,26,28). The lowest BCUT2D eigenvalue weighted by molar-refractivity contribution is -0.118. The van der Waals surface area contributed by atoms with Crippen molar-refractivity contribution in [2.75, 3.05) is 16.0 Å². The van der Waals surface area contributed by atoms with Gasteiger partial charge in [0.1, 0.15) is 5.02 Å². The van der Waals surface area contributed by atoms with Gasteiger partial charge in [0.05, 0.1) is 6.20 Å². The molecule has 0 saturated heterocycles. The summed E-state index contributed by atoms with van der Waals surface area (Å²) in [5.74, 6) is 0.897. The van der Waals surface area contributed by atoms with Crippen molar-refractivity contribution in [1.29, 1.82) is 0 Å². The van der Waals surface area contributed by atoms with Crippen LogP contribution >= 0.6 is 11.6 Å². The van der Waals surface area contributed by atoms with Crippen LogP contribution in [-0.4, -0.2) is 15.9 Å². The Kier molecular flexibility index (Phi) is 5.36. The van der Waals surface area contributed by atoms with Crippen molar-refractivity contribution in [1.82, 2.24) is 9.97 Å². The molecule has 7 heteroatoms. The molecule has 1 aliphatic heterocycles. The maximum absolute atomic E-state index is 12.2. The number of carbonyl (C=O) groups excluding carboxylic acids is 1. The predicted octanol–water partition coefficient (Wildman–Crippen LogP) is 5.31. The van der Waals surface area contributed by atoms with Gasteiger partial charge in [0.15, 0.2) is 5.82 Å². The van der Waals surface area contributed by atoms with Crippen molar-refractivity contribution in [3.05, 3.63) is 64.8 Å². The highest BCUT2D eigenvalue weighted by molar-refractivity contribution is 6.32. The number of nitrogens with one attached hydrogen (secondary N) is 3. The van der Waals surface area contributed by atoms with Crippen LogP contribution in [0.3, 0.4) is 0 Å². The van der Waals surface area contributed by atoms with Crippen molar-refractivity contribution in [3.63, 3.8) is 0 Å². The summed E-state index contributed by atoms with van der Waals surface area (Å²) >= 11 is 6.30. The summed E-state index contributed by atoms with van der Waals surface area (Å²) in [5.41, 5.74) is 4.82. The Labute approximate surface area is 174 Å². The molecule has 3 aromatic rings. The molecule has 2 heterocycles. The molecule has 148 valence electrons. The Bertz CT molecular complexity index is 1070. The van der Waals surface area contributed by atoms with Crippen LogP contribution in [0.5, 0.6) is 0 Å². The highest BCUT2D eigenvalue weighted by atomic mass is 35.5. The number of amides is 1. The SMILES string of the molecule is CC(C)C(=O)Nc1ccc2cc1CCc1cccc(c1)Nc1ncc(Cl)c(n1)N2. The zero-order chi connectivity index (χ0) is 20.4. The van der Waals surface area contributed by atoms with Crippen molar-refractivity contribution >= 4 is 46.3 Å². The highest BCUT2D eigenvalue weighted by Gasteiger charge is 2.13. The number of benzene rings is 2. The molecule has 0 unspecified atom stereocenters. The fourth-order valence-electron chi connectivity index (χ4n) is 3.14. The van der Waals surface area contributed by atoms with Crippen LogP contribution in [-0.2, 0) is 17.6 Å². The van der Waals surface area contributed by atoms with Gasteiger partial charge < -0.3 is 16.0 Å². The first-order valence-corrected chi connectivity index (χ1v) is 9.95. The Morgan fingerprint density at radius 3 is 2.76 bits per heavy atom. The van der Waals surface area contributed by atoms with E-state index in [0.717, 1.165) is 35.5 Å². The van der Waals surface area contributed by atoms with Crippen LogP contribution in [0.15, 0.2) is 48.7 Å². The van der Waals surface area contributed by atoms with Crippen LogP contribution < -0.4 is 16.0 Å². The number of hydrogen-bond acceptors (Lipinski definition) is 5. The molecule has 0 atom stereocenters. The van der Waals surface area contributed by atoms with Crippen LogP contribution in [0.1, 0.15) is 25.0 Å². The number of rotatable bonds is 2. The monoisotopic (exact) mass is 407 g/mol. The van der Waals surface area contributed by atoms with Gasteiger partial charge in [-0.3, -0.25) is 4.79 Å². The summed E-state index contributed by atoms with van der Waals surface area (Å²) < 4.78 is 0. The molecule has 1 aliphatic rings. The van der Waals surface area contributed by atoms with Crippen LogP contribution in [0.25, 0.3) is 0 Å². The van der Waals surface area contributed by atoms with E-state index in [1.807, 2.05) is 44.2 Å². The highest BCUT2D eigenvalue weighted by Crippen LogP contribution is 2.29. The lowest BCUT2D eigenvalue weighted by Gasteiger charge is -2.15. The van der Waals surface area contributed by atoms with Crippen LogP contribution in [0, 0.1) is 5.92 Å². The summed E-state index contributed by atoms with van der Waals surface area (Å²) in [5, 5.41) is 9.96. The van der Waals surface area contributed by atoms with Gasteiger partial charge in [-0.15, -0.1) is 0 Å². The van der Waals surface area contributed by atoms with Crippen molar-refractivity contribution in [2.45, 2.75) is 26.7 Å². The number of aromatic nitrogens is 2. The van der Waals surface area contributed by atoms with Gasteiger partial charge in [-0.25, -0.2) is 4.98 Å². The molecule has 0 radical (unpaired) electrons. The van der Waals surface area contributed by atoms with Gasteiger partial charge >= 0.3 is 0 Å². The largest absolute Gasteiger partial charge is 0.339 e. The Morgan fingerprint density at radius 2 is 1.93 bits per heavy atom. The fraction of sp³-hybridized carbons (Fsp3) is 0.227. The second-order valence-electron chi connectivity index (χ2n) is 7.36. The third kappa shape index (κ3) is 4.49. The normalized spacial score (nSPS) is 12.7. The van der Waals surface area contributed by atoms with Crippen LogP contribution in [0.4, 0.5) is 28.8 Å². The quantitative estimate of drug-likeness (QED) is 0.536. The van der Waals surface area contributed by atoms with E-state index >= 15 is 0 Å². The first-order chi connectivity index (χ1) is 14.0. The molecule has 0 fully saturated rings. The van der Waals surface area contributed by atoms with E-state index in [1.165, 1.54) is 5.56 Å². The second-order valence-corrected chi connectivity index (χ2v) is 7.76. The van der Waals surface area contributed by atoms with Gasteiger partial charge in [-0.05, 0) is 54.3 Å². The molecule has 2 aromatic carbocycles. The molecule has 0 spiro atoms. The summed E-state index contributed by atoms with van der Waals surface area (Å²) in [4.78, 5) is 21.0. The van der Waals surface area contributed by atoms with E-state index in [4.69, 9.17) is 11.6 Å². The Balaban J connectivity index is 1.77. The molecule has 3 N–H and O–H groups in total. The van der Waals surface area contributed by atoms with Crippen molar-refractivity contribution in [2.24, 2.45) is 5.92 Å². The molecular formula is C22H22ClN5O.